The summed E-state index contributed by atoms with van der Waals surface area (Å²) in [6.45, 7) is 8.21. The molecule has 1 aromatic carbocycles. The van der Waals surface area contributed by atoms with Crippen LogP contribution in [0.25, 0.3) is 0 Å². The van der Waals surface area contributed by atoms with Crippen LogP contribution in [-0.4, -0.2) is 18.6 Å². The molecule has 0 bridgehead atoms. The van der Waals surface area contributed by atoms with E-state index in [9.17, 15) is 4.79 Å². The predicted molar refractivity (Wildman–Crippen MR) is 69.1 cm³/mol. The van der Waals surface area contributed by atoms with Crippen molar-refractivity contribution in [2.75, 3.05) is 6.61 Å². The largest absolute Gasteiger partial charge is 0.484 e. The van der Waals surface area contributed by atoms with Gasteiger partial charge in [0.05, 0.1) is 0 Å². The Balaban J connectivity index is 2.38. The Morgan fingerprint density at radius 2 is 2.06 bits per heavy atom. The van der Waals surface area contributed by atoms with E-state index in [1.54, 1.807) is 0 Å². The molecule has 0 saturated heterocycles. The normalized spacial score (nSPS) is 12.3. The first-order valence-electron chi connectivity index (χ1n) is 5.98. The number of rotatable bonds is 5. The van der Waals surface area contributed by atoms with Gasteiger partial charge in [-0.2, -0.15) is 0 Å². The zero-order chi connectivity index (χ0) is 12.8. The number of hydrogen-bond donors (Lipinski definition) is 1. The van der Waals surface area contributed by atoms with Crippen molar-refractivity contribution in [2.45, 2.75) is 33.7 Å². The zero-order valence-electron chi connectivity index (χ0n) is 11.0. The van der Waals surface area contributed by atoms with E-state index >= 15 is 0 Å². The van der Waals surface area contributed by atoms with Crippen molar-refractivity contribution in [3.63, 3.8) is 0 Å². The lowest BCUT2D eigenvalue weighted by atomic mass is 10.1. The van der Waals surface area contributed by atoms with Gasteiger partial charge in [-0.1, -0.05) is 26.0 Å². The van der Waals surface area contributed by atoms with E-state index in [2.05, 4.69) is 19.2 Å². The number of amides is 1. The smallest absolute Gasteiger partial charge is 0.258 e. The minimum atomic E-state index is -0.0762. The van der Waals surface area contributed by atoms with Crippen LogP contribution in [-0.2, 0) is 4.79 Å². The molecule has 1 N–H and O–H groups in total. The Labute approximate surface area is 103 Å². The van der Waals surface area contributed by atoms with Crippen LogP contribution in [0.15, 0.2) is 24.3 Å². The topological polar surface area (TPSA) is 38.3 Å². The predicted octanol–water partition coefficient (Wildman–Crippen LogP) is 2.53. The van der Waals surface area contributed by atoms with E-state index in [0.717, 1.165) is 11.3 Å². The highest BCUT2D eigenvalue weighted by Gasteiger charge is 2.10. The SMILES string of the molecule is Cc1cccc(OCC(=O)NC(C)C(C)C)c1. The maximum absolute atomic E-state index is 11.6. The van der Waals surface area contributed by atoms with E-state index in [0.29, 0.717) is 5.92 Å². The monoisotopic (exact) mass is 235 g/mol. The lowest BCUT2D eigenvalue weighted by Gasteiger charge is -2.17. The van der Waals surface area contributed by atoms with Crippen molar-refractivity contribution in [3.8, 4) is 5.75 Å². The Morgan fingerprint density at radius 3 is 2.65 bits per heavy atom. The van der Waals surface area contributed by atoms with Crippen molar-refractivity contribution >= 4 is 5.91 Å². The van der Waals surface area contributed by atoms with Gasteiger partial charge in [0.1, 0.15) is 5.75 Å². The molecule has 0 heterocycles. The molecule has 0 fully saturated rings. The molecule has 0 radical (unpaired) electrons. The number of benzene rings is 1. The fraction of sp³-hybridized carbons (Fsp3) is 0.500. The first-order valence-corrected chi connectivity index (χ1v) is 5.98. The molecule has 1 aromatic rings. The van der Waals surface area contributed by atoms with Crippen molar-refractivity contribution < 1.29 is 9.53 Å². The van der Waals surface area contributed by atoms with Gasteiger partial charge in [0, 0.05) is 6.04 Å². The van der Waals surface area contributed by atoms with Gasteiger partial charge in [0.2, 0.25) is 0 Å². The standard InChI is InChI=1S/C14H21NO2/c1-10(2)12(4)15-14(16)9-17-13-7-5-6-11(3)8-13/h5-8,10,12H,9H2,1-4H3,(H,15,16). The van der Waals surface area contributed by atoms with Crippen molar-refractivity contribution in [2.24, 2.45) is 5.92 Å². The van der Waals surface area contributed by atoms with Crippen LogP contribution >= 0.6 is 0 Å². The molecule has 1 atom stereocenters. The van der Waals surface area contributed by atoms with Gasteiger partial charge in [-0.15, -0.1) is 0 Å². The molecule has 0 spiro atoms. The summed E-state index contributed by atoms with van der Waals surface area (Å²) >= 11 is 0. The maximum Gasteiger partial charge on any atom is 0.258 e. The molecule has 0 aromatic heterocycles. The molecule has 17 heavy (non-hydrogen) atoms. The molecule has 3 heteroatoms. The van der Waals surface area contributed by atoms with Gasteiger partial charge in [-0.25, -0.2) is 0 Å². The number of carbonyl (C=O) groups is 1. The quantitative estimate of drug-likeness (QED) is 0.851. The fourth-order valence-electron chi connectivity index (χ4n) is 1.32. The second kappa shape index (κ2) is 6.28. The third kappa shape index (κ3) is 4.89. The third-order valence-corrected chi connectivity index (χ3v) is 2.75. The summed E-state index contributed by atoms with van der Waals surface area (Å²) in [4.78, 5) is 11.6. The average Bonchev–Trinajstić information content (AvgIpc) is 2.26. The van der Waals surface area contributed by atoms with Crippen LogP contribution in [0.4, 0.5) is 0 Å². The van der Waals surface area contributed by atoms with Gasteiger partial charge in [-0.05, 0) is 37.5 Å². The summed E-state index contributed by atoms with van der Waals surface area (Å²) < 4.78 is 5.42. The third-order valence-electron chi connectivity index (χ3n) is 2.75. The Morgan fingerprint density at radius 1 is 1.35 bits per heavy atom. The van der Waals surface area contributed by atoms with Crippen molar-refractivity contribution in [1.29, 1.82) is 0 Å². The molecular weight excluding hydrogens is 214 g/mol. The highest BCUT2D eigenvalue weighted by Crippen LogP contribution is 2.12. The number of ether oxygens (including phenoxy) is 1. The molecule has 0 aliphatic heterocycles. The van der Waals surface area contributed by atoms with Crippen LogP contribution in [0, 0.1) is 12.8 Å². The van der Waals surface area contributed by atoms with Crippen LogP contribution in [0.1, 0.15) is 26.3 Å². The molecule has 1 amide bonds. The second-order valence-electron chi connectivity index (χ2n) is 4.71. The van der Waals surface area contributed by atoms with E-state index in [-0.39, 0.29) is 18.6 Å². The minimum Gasteiger partial charge on any atom is -0.484 e. The molecule has 3 nitrogen and oxygen atoms in total. The van der Waals surface area contributed by atoms with Gasteiger partial charge in [-0.3, -0.25) is 4.79 Å². The molecule has 0 aliphatic rings. The minimum absolute atomic E-state index is 0.0700. The summed E-state index contributed by atoms with van der Waals surface area (Å²) in [5, 5.41) is 2.90. The lowest BCUT2D eigenvalue weighted by Crippen LogP contribution is -2.38. The first kappa shape index (κ1) is 13.6. The van der Waals surface area contributed by atoms with E-state index in [1.165, 1.54) is 0 Å². The van der Waals surface area contributed by atoms with Crippen LogP contribution in [0.2, 0.25) is 0 Å². The molecule has 94 valence electrons. The summed E-state index contributed by atoms with van der Waals surface area (Å²) in [7, 11) is 0. The van der Waals surface area contributed by atoms with E-state index < -0.39 is 0 Å². The maximum atomic E-state index is 11.6. The molecule has 1 unspecified atom stereocenters. The van der Waals surface area contributed by atoms with Crippen LogP contribution in [0.3, 0.4) is 0 Å². The van der Waals surface area contributed by atoms with Gasteiger partial charge in [0.25, 0.3) is 5.91 Å². The summed E-state index contributed by atoms with van der Waals surface area (Å²) in [6, 6.07) is 7.85. The average molecular weight is 235 g/mol. The van der Waals surface area contributed by atoms with Gasteiger partial charge < -0.3 is 10.1 Å². The second-order valence-corrected chi connectivity index (χ2v) is 4.71. The van der Waals surface area contributed by atoms with Crippen LogP contribution in [0.5, 0.6) is 5.75 Å². The van der Waals surface area contributed by atoms with Gasteiger partial charge in [0.15, 0.2) is 6.61 Å². The Bertz CT molecular complexity index is 374. The fourth-order valence-corrected chi connectivity index (χ4v) is 1.32. The Kier molecular flexibility index (Phi) is 5.01. The number of aryl methyl sites for hydroxylation is 1. The van der Waals surface area contributed by atoms with Crippen molar-refractivity contribution in [3.05, 3.63) is 29.8 Å². The molecular formula is C14H21NO2. The zero-order valence-corrected chi connectivity index (χ0v) is 11.0. The van der Waals surface area contributed by atoms with E-state index in [1.807, 2.05) is 38.1 Å². The highest BCUT2D eigenvalue weighted by atomic mass is 16.5. The summed E-state index contributed by atoms with van der Waals surface area (Å²) in [5.74, 6) is 1.09. The molecule has 1 rings (SSSR count). The van der Waals surface area contributed by atoms with Crippen LogP contribution < -0.4 is 10.1 Å². The highest BCUT2D eigenvalue weighted by molar-refractivity contribution is 5.77. The van der Waals surface area contributed by atoms with E-state index in [4.69, 9.17) is 4.74 Å². The first-order chi connectivity index (χ1) is 7.99. The molecule has 0 saturated carbocycles. The Hall–Kier alpha value is -1.51. The lowest BCUT2D eigenvalue weighted by molar-refractivity contribution is -0.124. The summed E-state index contributed by atoms with van der Waals surface area (Å²) in [6.07, 6.45) is 0. The van der Waals surface area contributed by atoms with Crippen molar-refractivity contribution in [1.82, 2.24) is 5.32 Å². The number of nitrogens with one attached hydrogen (secondary N) is 1. The summed E-state index contributed by atoms with van der Waals surface area (Å²) in [5.41, 5.74) is 1.12. The number of carbonyl (C=O) groups excluding carboxylic acids is 1. The number of hydrogen-bond acceptors (Lipinski definition) is 2. The molecule has 0 aliphatic carbocycles. The van der Waals surface area contributed by atoms with Gasteiger partial charge >= 0.3 is 0 Å².